The molecule has 0 atom stereocenters. The van der Waals surface area contributed by atoms with Gasteiger partial charge in [-0.3, -0.25) is 0 Å². The molecular weight excluding hydrogens is 338 g/mol. The van der Waals surface area contributed by atoms with Crippen LogP contribution in [0.1, 0.15) is 4.88 Å². The lowest BCUT2D eigenvalue weighted by Crippen LogP contribution is -2.26. The number of sulfonamides is 1. The van der Waals surface area contributed by atoms with Crippen LogP contribution in [0.15, 0.2) is 59.5 Å². The van der Waals surface area contributed by atoms with E-state index in [9.17, 15) is 8.42 Å². The Bertz CT molecular complexity index is 919. The third-order valence-electron chi connectivity index (χ3n) is 3.44. The van der Waals surface area contributed by atoms with Gasteiger partial charge >= 0.3 is 0 Å². The summed E-state index contributed by atoms with van der Waals surface area (Å²) in [7, 11) is -1.94. The quantitative estimate of drug-likeness (QED) is 0.699. The summed E-state index contributed by atoms with van der Waals surface area (Å²) >= 11 is 7.28. The summed E-state index contributed by atoms with van der Waals surface area (Å²) in [5.41, 5.74) is 0. The lowest BCUT2D eigenvalue weighted by Gasteiger charge is -2.16. The Labute approximate surface area is 138 Å². The fourth-order valence-electron chi connectivity index (χ4n) is 2.25. The molecular formula is C16H14ClNO2S2. The monoisotopic (exact) mass is 351 g/mol. The average Bonchev–Trinajstić information content (AvgIpc) is 2.91. The molecule has 3 aromatic rings. The fraction of sp³-hybridized carbons (Fsp3) is 0.125. The fourth-order valence-corrected chi connectivity index (χ4v) is 4.66. The molecule has 0 bridgehead atoms. The van der Waals surface area contributed by atoms with Crippen molar-refractivity contribution in [3.63, 3.8) is 0 Å². The summed E-state index contributed by atoms with van der Waals surface area (Å²) < 4.78 is 27.4. The van der Waals surface area contributed by atoms with Crippen LogP contribution >= 0.6 is 22.9 Å². The second kappa shape index (κ2) is 6.01. The maximum atomic E-state index is 12.7. The minimum absolute atomic E-state index is 0.302. The van der Waals surface area contributed by atoms with Gasteiger partial charge in [-0.05, 0) is 35.0 Å². The normalized spacial score (nSPS) is 12.1. The summed E-state index contributed by atoms with van der Waals surface area (Å²) in [5, 5.41) is 1.94. The molecule has 0 aliphatic heterocycles. The van der Waals surface area contributed by atoms with E-state index in [1.54, 1.807) is 25.2 Å². The molecule has 0 amide bonds. The summed E-state index contributed by atoms with van der Waals surface area (Å²) in [6.45, 7) is 0.312. The van der Waals surface area contributed by atoms with Crippen molar-refractivity contribution < 1.29 is 8.42 Å². The summed E-state index contributed by atoms with van der Waals surface area (Å²) in [4.78, 5) is 1.22. The highest BCUT2D eigenvalue weighted by molar-refractivity contribution is 7.89. The van der Waals surface area contributed by atoms with Crippen molar-refractivity contribution in [3.8, 4) is 0 Å². The first-order chi connectivity index (χ1) is 10.5. The van der Waals surface area contributed by atoms with E-state index in [1.807, 2.05) is 36.4 Å². The molecule has 1 heterocycles. The van der Waals surface area contributed by atoms with Crippen molar-refractivity contribution in [1.29, 1.82) is 0 Å². The van der Waals surface area contributed by atoms with Gasteiger partial charge in [0.15, 0.2) is 0 Å². The van der Waals surface area contributed by atoms with Crippen LogP contribution in [0.3, 0.4) is 0 Å². The SMILES string of the molecule is CN(Cc1ccc(Cl)s1)S(=O)(=O)c1ccc2ccccc2c1. The molecule has 0 fully saturated rings. The van der Waals surface area contributed by atoms with Crippen LogP contribution in [0.5, 0.6) is 0 Å². The van der Waals surface area contributed by atoms with E-state index in [0.29, 0.717) is 15.8 Å². The van der Waals surface area contributed by atoms with E-state index in [4.69, 9.17) is 11.6 Å². The number of hydrogen-bond acceptors (Lipinski definition) is 3. The van der Waals surface area contributed by atoms with Crippen LogP contribution in [-0.4, -0.2) is 19.8 Å². The van der Waals surface area contributed by atoms with Crippen molar-refractivity contribution in [2.75, 3.05) is 7.05 Å². The second-order valence-corrected chi connectivity index (χ2v) is 8.82. The first kappa shape index (κ1) is 15.5. The van der Waals surface area contributed by atoms with Crippen molar-refractivity contribution in [2.24, 2.45) is 0 Å². The standard InChI is InChI=1S/C16H14ClNO2S2/c1-18(11-14-7-9-16(17)21-14)22(19,20)15-8-6-12-4-2-3-5-13(12)10-15/h2-10H,11H2,1H3. The third kappa shape index (κ3) is 3.03. The van der Waals surface area contributed by atoms with Crippen LogP contribution < -0.4 is 0 Å². The van der Waals surface area contributed by atoms with Crippen LogP contribution in [0.2, 0.25) is 4.34 Å². The Morgan fingerprint density at radius 2 is 1.77 bits per heavy atom. The molecule has 0 saturated heterocycles. The van der Waals surface area contributed by atoms with Crippen molar-refractivity contribution in [3.05, 3.63) is 63.8 Å². The molecule has 3 rings (SSSR count). The molecule has 0 N–H and O–H groups in total. The Balaban J connectivity index is 1.92. The summed E-state index contributed by atoms with van der Waals surface area (Å²) in [5.74, 6) is 0. The van der Waals surface area contributed by atoms with Gasteiger partial charge in [-0.25, -0.2) is 8.42 Å². The topological polar surface area (TPSA) is 37.4 Å². The van der Waals surface area contributed by atoms with Crippen LogP contribution in [0, 0.1) is 0 Å². The van der Waals surface area contributed by atoms with Gasteiger partial charge in [-0.2, -0.15) is 4.31 Å². The molecule has 0 aliphatic carbocycles. The number of halogens is 1. The summed E-state index contributed by atoms with van der Waals surface area (Å²) in [6.07, 6.45) is 0. The van der Waals surface area contributed by atoms with Gasteiger partial charge in [0, 0.05) is 18.5 Å². The zero-order valence-corrected chi connectivity index (χ0v) is 14.3. The molecule has 0 spiro atoms. The highest BCUT2D eigenvalue weighted by atomic mass is 35.5. The molecule has 3 nitrogen and oxygen atoms in total. The maximum Gasteiger partial charge on any atom is 0.243 e. The van der Waals surface area contributed by atoms with E-state index >= 15 is 0 Å². The van der Waals surface area contributed by atoms with Crippen LogP contribution in [0.4, 0.5) is 0 Å². The van der Waals surface area contributed by atoms with Gasteiger partial charge in [0.05, 0.1) is 9.23 Å². The number of benzene rings is 2. The Morgan fingerprint density at radius 1 is 1.05 bits per heavy atom. The number of fused-ring (bicyclic) bond motifs is 1. The zero-order valence-electron chi connectivity index (χ0n) is 11.9. The van der Waals surface area contributed by atoms with E-state index in [1.165, 1.54) is 15.6 Å². The Hall–Kier alpha value is -1.40. The number of thiophene rings is 1. The molecule has 2 aromatic carbocycles. The molecule has 0 radical (unpaired) electrons. The molecule has 22 heavy (non-hydrogen) atoms. The molecule has 114 valence electrons. The molecule has 1 aromatic heterocycles. The Morgan fingerprint density at radius 3 is 2.45 bits per heavy atom. The van der Waals surface area contributed by atoms with Gasteiger partial charge in [0.25, 0.3) is 0 Å². The van der Waals surface area contributed by atoms with Crippen LogP contribution in [-0.2, 0) is 16.6 Å². The van der Waals surface area contributed by atoms with E-state index in [-0.39, 0.29) is 0 Å². The second-order valence-electron chi connectivity index (χ2n) is 4.98. The molecule has 0 unspecified atom stereocenters. The lowest BCUT2D eigenvalue weighted by atomic mass is 10.1. The van der Waals surface area contributed by atoms with Crippen molar-refractivity contribution in [1.82, 2.24) is 4.31 Å². The average molecular weight is 352 g/mol. The number of rotatable bonds is 4. The van der Waals surface area contributed by atoms with Gasteiger partial charge in [-0.15, -0.1) is 11.3 Å². The van der Waals surface area contributed by atoms with Crippen molar-refractivity contribution >= 4 is 43.7 Å². The highest BCUT2D eigenvalue weighted by Gasteiger charge is 2.21. The van der Waals surface area contributed by atoms with Gasteiger partial charge in [0.2, 0.25) is 10.0 Å². The number of hydrogen-bond donors (Lipinski definition) is 0. The smallest absolute Gasteiger partial charge is 0.207 e. The minimum atomic E-state index is -3.52. The van der Waals surface area contributed by atoms with Gasteiger partial charge in [0.1, 0.15) is 0 Å². The van der Waals surface area contributed by atoms with Crippen molar-refractivity contribution in [2.45, 2.75) is 11.4 Å². The largest absolute Gasteiger partial charge is 0.243 e. The third-order valence-corrected chi connectivity index (χ3v) is 6.45. The Kier molecular flexibility index (Phi) is 4.23. The highest BCUT2D eigenvalue weighted by Crippen LogP contribution is 2.26. The van der Waals surface area contributed by atoms with Gasteiger partial charge < -0.3 is 0 Å². The van der Waals surface area contributed by atoms with E-state index in [0.717, 1.165) is 15.6 Å². The lowest BCUT2D eigenvalue weighted by molar-refractivity contribution is 0.470. The maximum absolute atomic E-state index is 12.7. The first-order valence-electron chi connectivity index (χ1n) is 6.66. The number of nitrogens with zero attached hydrogens (tertiary/aromatic N) is 1. The predicted octanol–water partition coefficient (Wildman–Crippen LogP) is 4.38. The van der Waals surface area contributed by atoms with E-state index in [2.05, 4.69) is 0 Å². The minimum Gasteiger partial charge on any atom is -0.207 e. The first-order valence-corrected chi connectivity index (χ1v) is 9.29. The molecule has 6 heteroatoms. The van der Waals surface area contributed by atoms with E-state index < -0.39 is 10.0 Å². The predicted molar refractivity (Wildman–Crippen MR) is 91.9 cm³/mol. The van der Waals surface area contributed by atoms with Crippen LogP contribution in [0.25, 0.3) is 10.8 Å². The molecule has 0 aliphatic rings. The zero-order chi connectivity index (χ0) is 15.7. The molecule has 0 saturated carbocycles. The summed E-state index contributed by atoms with van der Waals surface area (Å²) in [6, 6.07) is 16.5. The van der Waals surface area contributed by atoms with Gasteiger partial charge in [-0.1, -0.05) is 41.9 Å².